The molecule has 0 saturated carbocycles. The van der Waals surface area contributed by atoms with Crippen LogP contribution < -0.4 is 15.0 Å². The summed E-state index contributed by atoms with van der Waals surface area (Å²) in [5.74, 6) is 1.67. The largest absolute Gasteiger partial charge is 0.494 e. The molecule has 1 aromatic rings. The molecule has 1 saturated heterocycles. The molecule has 0 aromatic heterocycles. The summed E-state index contributed by atoms with van der Waals surface area (Å²) in [5, 5.41) is 3.41. The molecule has 3 nitrogen and oxygen atoms in total. The van der Waals surface area contributed by atoms with Crippen LogP contribution >= 0.6 is 0 Å². The van der Waals surface area contributed by atoms with Crippen LogP contribution in [0.1, 0.15) is 26.7 Å². The zero-order valence-electron chi connectivity index (χ0n) is 12.4. The van der Waals surface area contributed by atoms with Crippen LogP contribution in [-0.2, 0) is 0 Å². The van der Waals surface area contributed by atoms with Crippen LogP contribution in [0.15, 0.2) is 24.3 Å². The molecule has 19 heavy (non-hydrogen) atoms. The quantitative estimate of drug-likeness (QED) is 0.883. The van der Waals surface area contributed by atoms with Gasteiger partial charge in [-0.15, -0.1) is 0 Å². The van der Waals surface area contributed by atoms with E-state index in [2.05, 4.69) is 55.4 Å². The van der Waals surface area contributed by atoms with Gasteiger partial charge >= 0.3 is 0 Å². The van der Waals surface area contributed by atoms with Crippen molar-refractivity contribution in [1.82, 2.24) is 5.32 Å². The first kappa shape index (κ1) is 14.2. The molecule has 1 heterocycles. The summed E-state index contributed by atoms with van der Waals surface area (Å²) in [6, 6.07) is 9.18. The first-order valence-electron chi connectivity index (χ1n) is 7.39. The number of nitrogens with one attached hydrogen (secondary N) is 1. The van der Waals surface area contributed by atoms with Crippen molar-refractivity contribution in [1.29, 1.82) is 0 Å². The van der Waals surface area contributed by atoms with Crippen LogP contribution in [0.5, 0.6) is 5.75 Å². The highest BCUT2D eigenvalue weighted by Crippen LogP contribution is 2.25. The molecule has 3 heteroatoms. The second kappa shape index (κ2) is 6.80. The van der Waals surface area contributed by atoms with Crippen LogP contribution in [0.2, 0.25) is 0 Å². The van der Waals surface area contributed by atoms with E-state index >= 15 is 0 Å². The summed E-state index contributed by atoms with van der Waals surface area (Å²) in [6.07, 6.45) is 2.27. The Labute approximate surface area is 116 Å². The van der Waals surface area contributed by atoms with Crippen molar-refractivity contribution in [2.45, 2.75) is 32.7 Å². The third kappa shape index (κ3) is 3.63. The molecule has 1 fully saturated rings. The van der Waals surface area contributed by atoms with Gasteiger partial charge in [0.1, 0.15) is 5.75 Å². The highest BCUT2D eigenvalue weighted by molar-refractivity contribution is 5.49. The molecular formula is C16H26N2O. The van der Waals surface area contributed by atoms with Gasteiger partial charge in [-0.25, -0.2) is 0 Å². The molecule has 0 aliphatic carbocycles. The minimum atomic E-state index is 0.656. The standard InChI is InChI=1S/C16H26N2O/c1-4-11-19-15-7-5-14(6-8-15)18-10-9-16(17-3)13(2)12-18/h5-8,13,16-17H,4,9-12H2,1-3H3. The average molecular weight is 262 g/mol. The van der Waals surface area contributed by atoms with Gasteiger partial charge in [-0.1, -0.05) is 13.8 Å². The van der Waals surface area contributed by atoms with E-state index in [4.69, 9.17) is 4.74 Å². The number of hydrogen-bond donors (Lipinski definition) is 1. The highest BCUT2D eigenvalue weighted by atomic mass is 16.5. The molecule has 0 radical (unpaired) electrons. The molecule has 1 aromatic carbocycles. The summed E-state index contributed by atoms with van der Waals surface area (Å²) in [4.78, 5) is 2.47. The van der Waals surface area contributed by atoms with E-state index in [1.165, 1.54) is 12.1 Å². The Morgan fingerprint density at radius 1 is 1.32 bits per heavy atom. The summed E-state index contributed by atoms with van der Waals surface area (Å²) in [5.41, 5.74) is 1.31. The third-order valence-electron chi connectivity index (χ3n) is 3.95. The first-order valence-corrected chi connectivity index (χ1v) is 7.39. The zero-order valence-corrected chi connectivity index (χ0v) is 12.4. The van der Waals surface area contributed by atoms with Crippen molar-refractivity contribution in [3.8, 4) is 5.75 Å². The Hall–Kier alpha value is -1.22. The Kier molecular flexibility index (Phi) is 5.08. The average Bonchev–Trinajstić information content (AvgIpc) is 2.45. The lowest BCUT2D eigenvalue weighted by Crippen LogP contribution is -2.47. The van der Waals surface area contributed by atoms with Crippen molar-refractivity contribution < 1.29 is 4.74 Å². The van der Waals surface area contributed by atoms with Crippen LogP contribution in [0.25, 0.3) is 0 Å². The predicted molar refractivity (Wildman–Crippen MR) is 81.1 cm³/mol. The van der Waals surface area contributed by atoms with Gasteiger partial charge in [0.05, 0.1) is 6.61 Å². The second-order valence-corrected chi connectivity index (χ2v) is 5.45. The monoisotopic (exact) mass is 262 g/mol. The topological polar surface area (TPSA) is 24.5 Å². The smallest absolute Gasteiger partial charge is 0.119 e. The van der Waals surface area contributed by atoms with E-state index in [1.54, 1.807) is 0 Å². The highest BCUT2D eigenvalue weighted by Gasteiger charge is 2.24. The molecule has 2 atom stereocenters. The molecule has 1 aliphatic rings. The molecule has 0 spiro atoms. The van der Waals surface area contributed by atoms with Crippen LogP contribution in [0, 0.1) is 5.92 Å². The van der Waals surface area contributed by atoms with Gasteiger partial charge in [0, 0.05) is 24.8 Å². The summed E-state index contributed by atoms with van der Waals surface area (Å²) in [7, 11) is 2.07. The summed E-state index contributed by atoms with van der Waals surface area (Å²) >= 11 is 0. The van der Waals surface area contributed by atoms with E-state index in [0.717, 1.165) is 31.9 Å². The second-order valence-electron chi connectivity index (χ2n) is 5.45. The van der Waals surface area contributed by atoms with E-state index in [9.17, 15) is 0 Å². The molecule has 0 amide bonds. The molecule has 2 unspecified atom stereocenters. The molecule has 2 rings (SSSR count). The Bertz CT molecular complexity index is 377. The molecular weight excluding hydrogens is 236 g/mol. The number of rotatable bonds is 5. The Morgan fingerprint density at radius 2 is 2.05 bits per heavy atom. The van der Waals surface area contributed by atoms with Gasteiger partial charge < -0.3 is 15.0 Å². The SMILES string of the molecule is CCCOc1ccc(N2CCC(NC)C(C)C2)cc1. The maximum absolute atomic E-state index is 5.62. The Morgan fingerprint density at radius 3 is 2.63 bits per heavy atom. The van der Waals surface area contributed by atoms with Gasteiger partial charge in [-0.2, -0.15) is 0 Å². The number of nitrogens with zero attached hydrogens (tertiary/aromatic N) is 1. The molecule has 1 N–H and O–H groups in total. The van der Waals surface area contributed by atoms with Gasteiger partial charge in [-0.05, 0) is 50.1 Å². The van der Waals surface area contributed by atoms with Gasteiger partial charge in [0.25, 0.3) is 0 Å². The van der Waals surface area contributed by atoms with E-state index in [-0.39, 0.29) is 0 Å². The fraction of sp³-hybridized carbons (Fsp3) is 0.625. The summed E-state index contributed by atoms with van der Waals surface area (Å²) < 4.78 is 5.62. The van der Waals surface area contributed by atoms with Crippen molar-refractivity contribution in [3.63, 3.8) is 0 Å². The van der Waals surface area contributed by atoms with Gasteiger partial charge in [0.15, 0.2) is 0 Å². The van der Waals surface area contributed by atoms with E-state index < -0.39 is 0 Å². The van der Waals surface area contributed by atoms with E-state index in [1.807, 2.05) is 0 Å². The lowest BCUT2D eigenvalue weighted by Gasteiger charge is -2.38. The zero-order chi connectivity index (χ0) is 13.7. The molecule has 0 bridgehead atoms. The lowest BCUT2D eigenvalue weighted by atomic mass is 9.93. The Balaban J connectivity index is 1.95. The van der Waals surface area contributed by atoms with Crippen molar-refractivity contribution in [2.75, 3.05) is 31.6 Å². The van der Waals surface area contributed by atoms with Gasteiger partial charge in [-0.3, -0.25) is 0 Å². The first-order chi connectivity index (χ1) is 9.24. The minimum Gasteiger partial charge on any atom is -0.494 e. The maximum atomic E-state index is 5.62. The van der Waals surface area contributed by atoms with E-state index in [0.29, 0.717) is 12.0 Å². The number of hydrogen-bond acceptors (Lipinski definition) is 3. The number of piperidine rings is 1. The fourth-order valence-electron chi connectivity index (χ4n) is 2.78. The van der Waals surface area contributed by atoms with Crippen LogP contribution in [-0.4, -0.2) is 32.8 Å². The summed E-state index contributed by atoms with van der Waals surface area (Å²) in [6.45, 7) is 7.50. The fourth-order valence-corrected chi connectivity index (χ4v) is 2.78. The van der Waals surface area contributed by atoms with Crippen molar-refractivity contribution >= 4 is 5.69 Å². The van der Waals surface area contributed by atoms with Crippen molar-refractivity contribution in [2.24, 2.45) is 5.92 Å². The minimum absolute atomic E-state index is 0.656. The number of anilines is 1. The number of benzene rings is 1. The normalized spacial score (nSPS) is 23.4. The predicted octanol–water partition coefficient (Wildman–Crippen LogP) is 2.91. The van der Waals surface area contributed by atoms with Crippen LogP contribution in [0.3, 0.4) is 0 Å². The lowest BCUT2D eigenvalue weighted by molar-refractivity contribution is 0.317. The van der Waals surface area contributed by atoms with Crippen molar-refractivity contribution in [3.05, 3.63) is 24.3 Å². The maximum Gasteiger partial charge on any atom is 0.119 e. The van der Waals surface area contributed by atoms with Crippen LogP contribution in [0.4, 0.5) is 5.69 Å². The number of ether oxygens (including phenoxy) is 1. The van der Waals surface area contributed by atoms with Gasteiger partial charge in [0.2, 0.25) is 0 Å². The third-order valence-corrected chi connectivity index (χ3v) is 3.95. The molecule has 106 valence electrons. The molecule has 1 aliphatic heterocycles.